The van der Waals surface area contributed by atoms with Crippen molar-refractivity contribution in [3.63, 3.8) is 0 Å². The molecule has 1 atom stereocenters. The Morgan fingerprint density at radius 3 is 2.69 bits per heavy atom. The Labute approximate surface area is 94.6 Å². The lowest BCUT2D eigenvalue weighted by Crippen LogP contribution is -2.25. The first kappa shape index (κ1) is 11.0. The minimum atomic E-state index is -0.564. The number of likely N-dealkylation sites (N-methyl/N-ethyl adjacent to an activating group) is 1. The lowest BCUT2D eigenvalue weighted by Gasteiger charge is -2.13. The zero-order valence-electron chi connectivity index (χ0n) is 7.25. The fraction of sp³-hybridized carbons (Fsp3) is 0.375. The van der Waals surface area contributed by atoms with Crippen LogP contribution in [0.2, 0.25) is 0 Å². The highest BCUT2D eigenvalue weighted by molar-refractivity contribution is 9.10. The molecule has 1 aromatic heterocycles. The minimum Gasteiger partial charge on any atom is -0.347 e. The van der Waals surface area contributed by atoms with Gasteiger partial charge in [-0.3, -0.25) is 4.79 Å². The van der Waals surface area contributed by atoms with Crippen molar-refractivity contribution in [3.05, 3.63) is 20.8 Å². The maximum absolute atomic E-state index is 11.4. The Kier molecular flexibility index (Phi) is 3.76. The van der Waals surface area contributed by atoms with Crippen LogP contribution in [0.15, 0.2) is 15.9 Å². The molecule has 0 aliphatic carbocycles. The molecule has 1 rings (SSSR count). The standard InChI is InChI=1S/C8H9BrClNOS/c1-11(2)8(12)7(10)6-3-5(9)4-13-6/h3-4,7H,1-2H3. The van der Waals surface area contributed by atoms with E-state index in [9.17, 15) is 4.79 Å². The van der Waals surface area contributed by atoms with Gasteiger partial charge >= 0.3 is 0 Å². The summed E-state index contributed by atoms with van der Waals surface area (Å²) in [5.41, 5.74) is 0. The Balaban J connectivity index is 2.79. The Bertz CT molecular complexity index is 313. The van der Waals surface area contributed by atoms with Crippen molar-refractivity contribution >= 4 is 44.8 Å². The molecule has 0 aromatic carbocycles. The summed E-state index contributed by atoms with van der Waals surface area (Å²) in [7, 11) is 3.39. The van der Waals surface area contributed by atoms with E-state index in [0.29, 0.717) is 0 Å². The molecule has 0 saturated carbocycles. The minimum absolute atomic E-state index is 0.0870. The van der Waals surface area contributed by atoms with Gasteiger partial charge in [0.05, 0.1) is 0 Å². The number of hydrogen-bond acceptors (Lipinski definition) is 2. The number of rotatable bonds is 2. The summed E-state index contributed by atoms with van der Waals surface area (Å²) in [4.78, 5) is 13.8. The molecular formula is C8H9BrClNOS. The molecule has 0 aliphatic rings. The predicted octanol–water partition coefficient (Wildman–Crippen LogP) is 2.88. The van der Waals surface area contributed by atoms with Crippen LogP contribution in [0.5, 0.6) is 0 Å². The molecule has 0 radical (unpaired) electrons. The van der Waals surface area contributed by atoms with Gasteiger partial charge in [0, 0.05) is 28.8 Å². The smallest absolute Gasteiger partial charge is 0.245 e. The van der Waals surface area contributed by atoms with E-state index < -0.39 is 5.38 Å². The number of thiophene rings is 1. The maximum Gasteiger partial charge on any atom is 0.245 e. The molecular weight excluding hydrogens is 274 g/mol. The third kappa shape index (κ3) is 2.69. The van der Waals surface area contributed by atoms with Gasteiger partial charge < -0.3 is 4.90 Å². The summed E-state index contributed by atoms with van der Waals surface area (Å²) in [6.45, 7) is 0. The van der Waals surface area contributed by atoms with Crippen molar-refractivity contribution in [1.82, 2.24) is 4.90 Å². The van der Waals surface area contributed by atoms with E-state index in [1.165, 1.54) is 16.2 Å². The SMILES string of the molecule is CN(C)C(=O)C(Cl)c1cc(Br)cs1. The largest absolute Gasteiger partial charge is 0.347 e. The molecule has 1 heterocycles. The molecule has 0 saturated heterocycles. The molecule has 2 nitrogen and oxygen atoms in total. The van der Waals surface area contributed by atoms with Gasteiger partial charge in [-0.1, -0.05) is 0 Å². The van der Waals surface area contributed by atoms with E-state index in [0.717, 1.165) is 9.35 Å². The van der Waals surface area contributed by atoms with E-state index in [2.05, 4.69) is 15.9 Å². The van der Waals surface area contributed by atoms with Crippen LogP contribution in [0.3, 0.4) is 0 Å². The Morgan fingerprint density at radius 1 is 1.69 bits per heavy atom. The second-order valence-corrected chi connectivity index (χ2v) is 5.06. The van der Waals surface area contributed by atoms with Crippen molar-refractivity contribution < 1.29 is 4.79 Å². The van der Waals surface area contributed by atoms with E-state index in [1.807, 2.05) is 11.4 Å². The highest BCUT2D eigenvalue weighted by Crippen LogP contribution is 2.30. The van der Waals surface area contributed by atoms with Gasteiger partial charge in [0.1, 0.15) is 5.38 Å². The topological polar surface area (TPSA) is 20.3 Å². The molecule has 0 bridgehead atoms. The first-order chi connectivity index (χ1) is 6.02. The van der Waals surface area contributed by atoms with Crippen LogP contribution < -0.4 is 0 Å². The number of hydrogen-bond donors (Lipinski definition) is 0. The van der Waals surface area contributed by atoms with Crippen LogP contribution in [0.4, 0.5) is 0 Å². The summed E-state index contributed by atoms with van der Waals surface area (Å²) in [5.74, 6) is -0.0870. The summed E-state index contributed by atoms with van der Waals surface area (Å²) >= 11 is 10.8. The monoisotopic (exact) mass is 281 g/mol. The molecule has 72 valence electrons. The van der Waals surface area contributed by atoms with Crippen molar-refractivity contribution in [1.29, 1.82) is 0 Å². The zero-order chi connectivity index (χ0) is 10.0. The molecule has 1 unspecified atom stereocenters. The van der Waals surface area contributed by atoms with Crippen LogP contribution in [0.25, 0.3) is 0 Å². The van der Waals surface area contributed by atoms with Crippen molar-refractivity contribution in [2.45, 2.75) is 5.38 Å². The number of halogens is 2. The molecule has 0 aliphatic heterocycles. The van der Waals surface area contributed by atoms with Crippen LogP contribution in [0, 0.1) is 0 Å². The summed E-state index contributed by atoms with van der Waals surface area (Å²) in [6, 6.07) is 1.86. The quantitative estimate of drug-likeness (QED) is 0.764. The second-order valence-electron chi connectivity index (χ2n) is 2.76. The Morgan fingerprint density at radius 2 is 2.31 bits per heavy atom. The predicted molar refractivity (Wildman–Crippen MR) is 59.3 cm³/mol. The maximum atomic E-state index is 11.4. The van der Waals surface area contributed by atoms with Crippen molar-refractivity contribution in [2.24, 2.45) is 0 Å². The second kappa shape index (κ2) is 4.44. The Hall–Kier alpha value is -0.0600. The molecule has 1 aromatic rings. The molecule has 0 N–H and O–H groups in total. The number of amides is 1. The van der Waals surface area contributed by atoms with Crippen molar-refractivity contribution in [3.8, 4) is 0 Å². The van der Waals surface area contributed by atoms with Gasteiger partial charge in [0.25, 0.3) is 0 Å². The van der Waals surface area contributed by atoms with Gasteiger partial charge in [-0.05, 0) is 22.0 Å². The van der Waals surface area contributed by atoms with Gasteiger partial charge in [0.2, 0.25) is 5.91 Å². The molecule has 5 heteroatoms. The summed E-state index contributed by atoms with van der Waals surface area (Å²) < 4.78 is 0.963. The van der Waals surface area contributed by atoms with Gasteiger partial charge in [-0.2, -0.15) is 0 Å². The molecule has 0 fully saturated rings. The van der Waals surface area contributed by atoms with E-state index in [-0.39, 0.29) is 5.91 Å². The highest BCUT2D eigenvalue weighted by Gasteiger charge is 2.20. The van der Waals surface area contributed by atoms with Crippen LogP contribution in [-0.4, -0.2) is 24.9 Å². The highest BCUT2D eigenvalue weighted by atomic mass is 79.9. The van der Waals surface area contributed by atoms with Gasteiger partial charge in [-0.25, -0.2) is 0 Å². The van der Waals surface area contributed by atoms with Crippen molar-refractivity contribution in [2.75, 3.05) is 14.1 Å². The van der Waals surface area contributed by atoms with E-state index >= 15 is 0 Å². The third-order valence-corrected chi connectivity index (χ3v) is 3.80. The average molecular weight is 283 g/mol. The zero-order valence-corrected chi connectivity index (χ0v) is 10.4. The molecule has 0 spiro atoms. The first-order valence-electron chi connectivity index (χ1n) is 3.61. The van der Waals surface area contributed by atoms with E-state index in [4.69, 9.17) is 11.6 Å². The number of nitrogens with zero attached hydrogens (tertiary/aromatic N) is 1. The first-order valence-corrected chi connectivity index (χ1v) is 5.72. The van der Waals surface area contributed by atoms with Gasteiger partial charge in [0.15, 0.2) is 0 Å². The van der Waals surface area contributed by atoms with E-state index in [1.54, 1.807) is 14.1 Å². The fourth-order valence-electron chi connectivity index (χ4n) is 0.810. The van der Waals surface area contributed by atoms with Gasteiger partial charge in [-0.15, -0.1) is 22.9 Å². The third-order valence-electron chi connectivity index (χ3n) is 1.50. The number of carbonyl (C=O) groups is 1. The molecule has 1 amide bonds. The summed E-state index contributed by atoms with van der Waals surface area (Å²) in [6.07, 6.45) is 0. The number of carbonyl (C=O) groups excluding carboxylic acids is 1. The fourth-order valence-corrected chi connectivity index (χ4v) is 2.63. The van der Waals surface area contributed by atoms with Crippen LogP contribution in [0.1, 0.15) is 10.3 Å². The summed E-state index contributed by atoms with van der Waals surface area (Å²) in [5, 5.41) is 1.35. The normalized spacial score (nSPS) is 12.6. The average Bonchev–Trinajstić information content (AvgIpc) is 2.49. The number of alkyl halides is 1. The lowest BCUT2D eigenvalue weighted by molar-refractivity contribution is -0.128. The molecule has 13 heavy (non-hydrogen) atoms. The van der Waals surface area contributed by atoms with Crippen LogP contribution >= 0.6 is 38.9 Å². The van der Waals surface area contributed by atoms with Crippen LogP contribution in [-0.2, 0) is 4.79 Å². The lowest BCUT2D eigenvalue weighted by atomic mass is 10.3.